The maximum absolute atomic E-state index is 14.1. The fourth-order valence-electron chi connectivity index (χ4n) is 6.91. The summed E-state index contributed by atoms with van der Waals surface area (Å²) in [5, 5.41) is 9.10. The molecule has 5 N–H and O–H groups in total. The summed E-state index contributed by atoms with van der Waals surface area (Å²) in [4.78, 5) is 55.1. The lowest BCUT2D eigenvalue weighted by Gasteiger charge is -2.35. The van der Waals surface area contributed by atoms with Crippen LogP contribution < -0.4 is 21.7 Å². The first kappa shape index (κ1) is 28.0. The van der Waals surface area contributed by atoms with Gasteiger partial charge in [0.1, 0.15) is 12.1 Å². The Morgan fingerprint density at radius 3 is 2.51 bits per heavy atom. The van der Waals surface area contributed by atoms with Crippen LogP contribution in [0.4, 0.5) is 0 Å². The number of nitrogens with two attached hydrogens (primary N) is 1. The van der Waals surface area contributed by atoms with E-state index in [1.807, 2.05) is 38.1 Å². The van der Waals surface area contributed by atoms with Crippen LogP contribution in [0.2, 0.25) is 0 Å². The van der Waals surface area contributed by atoms with E-state index in [1.54, 1.807) is 16.7 Å². The summed E-state index contributed by atoms with van der Waals surface area (Å²) in [7, 11) is 0. The Bertz CT molecular complexity index is 1120. The molecule has 10 heteroatoms. The molecule has 1 saturated carbocycles. The fraction of sp³-hybridized carbons (Fsp3) is 0.655. The minimum atomic E-state index is -0.715. The quantitative estimate of drug-likeness (QED) is 0.424. The van der Waals surface area contributed by atoms with Gasteiger partial charge in [0.15, 0.2) is 0 Å². The van der Waals surface area contributed by atoms with Gasteiger partial charge in [0.2, 0.25) is 23.6 Å². The second-order valence-corrected chi connectivity index (χ2v) is 13.4. The Morgan fingerprint density at radius 2 is 1.77 bits per heavy atom. The molecule has 2 aliphatic heterocycles. The number of carbonyl (C=O) groups is 4. The topological polar surface area (TPSA) is 134 Å². The van der Waals surface area contributed by atoms with Crippen molar-refractivity contribution in [3.8, 4) is 0 Å². The third-order valence-electron chi connectivity index (χ3n) is 8.89. The highest BCUT2D eigenvalue weighted by Crippen LogP contribution is 2.47. The van der Waals surface area contributed by atoms with Gasteiger partial charge in [0.25, 0.3) is 0 Å². The number of carbonyl (C=O) groups excluding carboxylic acids is 4. The van der Waals surface area contributed by atoms with Gasteiger partial charge in [-0.05, 0) is 54.4 Å². The van der Waals surface area contributed by atoms with E-state index in [-0.39, 0.29) is 41.6 Å². The van der Waals surface area contributed by atoms with Gasteiger partial charge in [-0.2, -0.15) is 0 Å². The SMILES string of the molecule is CC1(C)CC2SCC[C@H](NC(=O)CN)C(=O)N2[C@@H]1C(=O)N[C@H]1c2ccccc2C[C@H]1C(=O)NC1CCCCC1. The van der Waals surface area contributed by atoms with Crippen LogP contribution in [0.3, 0.4) is 0 Å². The van der Waals surface area contributed by atoms with Crippen molar-refractivity contribution < 1.29 is 19.2 Å². The number of hydrogen-bond donors (Lipinski definition) is 4. The zero-order valence-electron chi connectivity index (χ0n) is 22.9. The van der Waals surface area contributed by atoms with Crippen LogP contribution >= 0.6 is 11.8 Å². The van der Waals surface area contributed by atoms with Gasteiger partial charge >= 0.3 is 0 Å². The highest BCUT2D eigenvalue weighted by molar-refractivity contribution is 7.99. The van der Waals surface area contributed by atoms with Crippen LogP contribution in [0.15, 0.2) is 24.3 Å². The third kappa shape index (κ3) is 5.68. The van der Waals surface area contributed by atoms with E-state index < -0.39 is 29.5 Å². The highest BCUT2D eigenvalue weighted by atomic mass is 32.2. The zero-order valence-corrected chi connectivity index (χ0v) is 23.7. The number of nitrogens with zero attached hydrogens (tertiary/aromatic N) is 1. The molecule has 9 nitrogen and oxygen atoms in total. The lowest BCUT2D eigenvalue weighted by molar-refractivity contribution is -0.144. The number of thioether (sulfide) groups is 1. The monoisotopic (exact) mass is 555 g/mol. The van der Waals surface area contributed by atoms with Gasteiger partial charge in [0.05, 0.1) is 23.9 Å². The first-order valence-electron chi connectivity index (χ1n) is 14.3. The summed E-state index contributed by atoms with van der Waals surface area (Å²) < 4.78 is 0. The van der Waals surface area contributed by atoms with E-state index in [4.69, 9.17) is 5.73 Å². The van der Waals surface area contributed by atoms with Crippen molar-refractivity contribution in [1.82, 2.24) is 20.9 Å². The molecule has 4 amide bonds. The second-order valence-electron chi connectivity index (χ2n) is 12.1. The van der Waals surface area contributed by atoms with Crippen LogP contribution in [-0.4, -0.2) is 64.3 Å². The predicted molar refractivity (Wildman–Crippen MR) is 150 cm³/mol. The van der Waals surface area contributed by atoms with Gasteiger partial charge in [-0.25, -0.2) is 0 Å². The standard InChI is InChI=1S/C29H41N5O4S/c1-29(2)15-23-34(28(38)21(12-13-39-23)32-22(35)16-30)25(29)27(37)33-24-19-11-7-6-8-17(19)14-20(24)26(36)31-18-9-4-3-5-10-18/h6-8,11,18,20-21,23-25H,3-5,9-10,12-16,30H2,1-2H3,(H,31,36)(H,32,35)(H,33,37)/t20-,21+,23?,24+,25-/m1/s1. The van der Waals surface area contributed by atoms with Crippen LogP contribution in [0.1, 0.15) is 76.0 Å². The van der Waals surface area contributed by atoms with Crippen LogP contribution in [0.25, 0.3) is 0 Å². The Balaban J connectivity index is 1.38. The minimum Gasteiger partial charge on any atom is -0.353 e. The molecule has 39 heavy (non-hydrogen) atoms. The molecule has 212 valence electrons. The summed E-state index contributed by atoms with van der Waals surface area (Å²) >= 11 is 1.65. The molecule has 4 aliphatic rings. The Kier molecular flexibility index (Phi) is 8.24. The Hall–Kier alpha value is -2.59. The summed E-state index contributed by atoms with van der Waals surface area (Å²) in [6.45, 7) is 3.84. The molecule has 0 spiro atoms. The van der Waals surface area contributed by atoms with Gasteiger partial charge in [-0.1, -0.05) is 57.4 Å². The molecule has 0 radical (unpaired) electrons. The van der Waals surface area contributed by atoms with Crippen molar-refractivity contribution in [3.63, 3.8) is 0 Å². The van der Waals surface area contributed by atoms with E-state index in [1.165, 1.54) is 6.42 Å². The van der Waals surface area contributed by atoms with Crippen molar-refractivity contribution >= 4 is 35.4 Å². The molecule has 1 aromatic carbocycles. The van der Waals surface area contributed by atoms with Crippen molar-refractivity contribution in [2.24, 2.45) is 17.1 Å². The van der Waals surface area contributed by atoms with Crippen LogP contribution in [-0.2, 0) is 25.6 Å². The molecule has 2 heterocycles. The fourth-order valence-corrected chi connectivity index (χ4v) is 8.49. The van der Waals surface area contributed by atoms with Gasteiger partial charge in [0, 0.05) is 6.04 Å². The van der Waals surface area contributed by atoms with Gasteiger partial charge < -0.3 is 26.6 Å². The van der Waals surface area contributed by atoms with E-state index in [0.717, 1.165) is 36.8 Å². The first-order chi connectivity index (χ1) is 18.7. The summed E-state index contributed by atoms with van der Waals surface area (Å²) in [5.41, 5.74) is 7.04. The maximum Gasteiger partial charge on any atom is 0.246 e. The second kappa shape index (κ2) is 11.5. The first-order valence-corrected chi connectivity index (χ1v) is 15.4. The molecule has 1 unspecified atom stereocenters. The molecule has 0 bridgehead atoms. The van der Waals surface area contributed by atoms with Crippen molar-refractivity contribution in [1.29, 1.82) is 0 Å². The van der Waals surface area contributed by atoms with Gasteiger partial charge in [-0.3, -0.25) is 19.2 Å². The number of nitrogens with one attached hydrogen (secondary N) is 3. The summed E-state index contributed by atoms with van der Waals surface area (Å²) in [6.07, 6.45) is 7.20. The number of fused-ring (bicyclic) bond motifs is 2. The molecule has 2 aliphatic carbocycles. The highest BCUT2D eigenvalue weighted by Gasteiger charge is 2.55. The molecule has 2 saturated heterocycles. The predicted octanol–water partition coefficient (Wildman–Crippen LogP) is 2.00. The molecule has 5 rings (SSSR count). The van der Waals surface area contributed by atoms with Crippen molar-refractivity contribution in [2.75, 3.05) is 12.3 Å². The van der Waals surface area contributed by atoms with E-state index in [0.29, 0.717) is 25.0 Å². The molecule has 5 atom stereocenters. The molecular formula is C29H41N5O4S. The Labute approximate surface area is 234 Å². The van der Waals surface area contributed by atoms with Crippen molar-refractivity contribution in [3.05, 3.63) is 35.4 Å². The van der Waals surface area contributed by atoms with Gasteiger partial charge in [-0.15, -0.1) is 11.8 Å². The maximum atomic E-state index is 14.1. The van der Waals surface area contributed by atoms with E-state index >= 15 is 0 Å². The third-order valence-corrected chi connectivity index (χ3v) is 10.1. The smallest absolute Gasteiger partial charge is 0.246 e. The average molecular weight is 556 g/mol. The van der Waals surface area contributed by atoms with Crippen LogP contribution in [0.5, 0.6) is 0 Å². The number of hydrogen-bond acceptors (Lipinski definition) is 6. The molecular weight excluding hydrogens is 514 g/mol. The zero-order chi connectivity index (χ0) is 27.7. The number of rotatable bonds is 6. The summed E-state index contributed by atoms with van der Waals surface area (Å²) in [6, 6.07) is 6.22. The molecule has 3 fully saturated rings. The van der Waals surface area contributed by atoms with E-state index in [2.05, 4.69) is 16.0 Å². The molecule has 0 aromatic heterocycles. The van der Waals surface area contributed by atoms with Crippen LogP contribution in [0, 0.1) is 11.3 Å². The lowest BCUT2D eigenvalue weighted by atomic mass is 9.83. The lowest BCUT2D eigenvalue weighted by Crippen LogP contribution is -2.57. The molecule has 1 aromatic rings. The number of amides is 4. The average Bonchev–Trinajstić information content (AvgIpc) is 3.37. The number of benzene rings is 1. The Morgan fingerprint density at radius 1 is 1.03 bits per heavy atom. The summed E-state index contributed by atoms with van der Waals surface area (Å²) in [5.74, 6) is -0.593. The normalized spacial score (nSPS) is 30.2. The van der Waals surface area contributed by atoms with E-state index in [9.17, 15) is 19.2 Å². The van der Waals surface area contributed by atoms with Crippen molar-refractivity contribution in [2.45, 2.75) is 94.8 Å². The largest absolute Gasteiger partial charge is 0.353 e. The minimum absolute atomic E-state index is 0.0158.